The Morgan fingerprint density at radius 3 is 2.15 bits per heavy atom. The van der Waals surface area contributed by atoms with Crippen LogP contribution in [-0.4, -0.2) is 70.3 Å². The molecule has 0 atom stereocenters. The van der Waals surface area contributed by atoms with Gasteiger partial charge in [-0.15, -0.1) is 0 Å². The molecule has 0 aliphatic carbocycles. The van der Waals surface area contributed by atoms with Crippen LogP contribution in [-0.2, 0) is 11.3 Å². The lowest BCUT2D eigenvalue weighted by atomic mass is 10.0. The van der Waals surface area contributed by atoms with Gasteiger partial charge in [0.1, 0.15) is 6.61 Å². The Kier molecular flexibility index (Phi) is 9.45. The van der Waals surface area contributed by atoms with Crippen molar-refractivity contribution in [1.29, 1.82) is 0 Å². The van der Waals surface area contributed by atoms with Gasteiger partial charge in [0.15, 0.2) is 23.0 Å². The second kappa shape index (κ2) is 12.5. The number of fused-ring (bicyclic) bond motifs is 1. The number of likely N-dealkylation sites (tertiary alicyclic amines) is 1. The molecule has 1 amide bonds. The Bertz CT molecular complexity index is 956. The number of methoxy groups -OCH3 is 3. The van der Waals surface area contributed by atoms with Crippen LogP contribution in [0.5, 0.6) is 23.0 Å². The monoisotopic (exact) mass is 470 g/mol. The molecule has 0 radical (unpaired) electrons. The summed E-state index contributed by atoms with van der Waals surface area (Å²) >= 11 is 0. The van der Waals surface area contributed by atoms with Crippen LogP contribution in [0.25, 0.3) is 11.1 Å². The number of benzene rings is 2. The fourth-order valence-electron chi connectivity index (χ4n) is 4.31. The number of nitrogens with zero attached hydrogens (tertiary/aromatic N) is 2. The lowest BCUT2D eigenvalue weighted by Gasteiger charge is -2.20. The summed E-state index contributed by atoms with van der Waals surface area (Å²) in [6.07, 6.45) is 4.75. The number of carbonyl (C=O) groups excluding carboxylic acids is 1. The molecule has 0 bridgehead atoms. The summed E-state index contributed by atoms with van der Waals surface area (Å²) in [6.45, 7) is 6.02. The van der Waals surface area contributed by atoms with E-state index in [1.54, 1.807) is 21.3 Å². The molecular formula is C27H38N2O5. The zero-order chi connectivity index (χ0) is 24.5. The van der Waals surface area contributed by atoms with Crippen molar-refractivity contribution in [2.45, 2.75) is 39.2 Å². The first-order chi connectivity index (χ1) is 16.5. The van der Waals surface area contributed by atoms with Crippen LogP contribution in [0.15, 0.2) is 30.3 Å². The second-order valence-electron chi connectivity index (χ2n) is 8.62. The number of carbonyl (C=O) groups is 1. The Hall–Kier alpha value is -2.93. The van der Waals surface area contributed by atoms with E-state index in [-0.39, 0.29) is 5.91 Å². The van der Waals surface area contributed by atoms with E-state index in [2.05, 4.69) is 11.9 Å². The highest BCUT2D eigenvalue weighted by molar-refractivity contribution is 5.77. The molecule has 2 aliphatic heterocycles. The Labute approximate surface area is 203 Å². The van der Waals surface area contributed by atoms with Gasteiger partial charge in [-0.1, -0.05) is 19.4 Å². The van der Waals surface area contributed by atoms with Crippen molar-refractivity contribution in [2.75, 3.05) is 54.6 Å². The van der Waals surface area contributed by atoms with E-state index < -0.39 is 0 Å². The highest BCUT2D eigenvalue weighted by atomic mass is 16.5. The van der Waals surface area contributed by atoms with Crippen molar-refractivity contribution >= 4 is 5.91 Å². The van der Waals surface area contributed by atoms with Crippen LogP contribution >= 0.6 is 0 Å². The minimum absolute atomic E-state index is 0.113. The standard InChI is InChI=1S/C21H25NO5.C6H13N/c1-5-20(23)22-8-9-27-21-16(13-22)10-15(12-19(21)26-4)14-6-7-17(24-2)18(11-14)25-3;1-7-5-3-2-4-6-7/h6-7,10-12H,5,8-9,13H2,1-4H3;2-6H2,1H3. The van der Waals surface area contributed by atoms with Gasteiger partial charge in [-0.25, -0.2) is 0 Å². The maximum absolute atomic E-state index is 12.2. The molecule has 4 rings (SSSR count). The van der Waals surface area contributed by atoms with Crippen LogP contribution in [0, 0.1) is 0 Å². The van der Waals surface area contributed by atoms with E-state index in [9.17, 15) is 4.79 Å². The largest absolute Gasteiger partial charge is 0.493 e. The molecule has 0 aromatic heterocycles. The summed E-state index contributed by atoms with van der Waals surface area (Å²) in [4.78, 5) is 16.4. The van der Waals surface area contributed by atoms with E-state index in [4.69, 9.17) is 18.9 Å². The first-order valence-electron chi connectivity index (χ1n) is 12.0. The lowest BCUT2D eigenvalue weighted by molar-refractivity contribution is -0.131. The zero-order valence-corrected chi connectivity index (χ0v) is 21.2. The highest BCUT2D eigenvalue weighted by Gasteiger charge is 2.23. The topological polar surface area (TPSA) is 60.5 Å². The summed E-state index contributed by atoms with van der Waals surface area (Å²) in [5, 5.41) is 0. The van der Waals surface area contributed by atoms with Crippen LogP contribution in [0.2, 0.25) is 0 Å². The molecule has 2 aromatic rings. The Morgan fingerprint density at radius 2 is 1.56 bits per heavy atom. The van der Waals surface area contributed by atoms with Crippen LogP contribution in [0.4, 0.5) is 0 Å². The van der Waals surface area contributed by atoms with E-state index in [0.29, 0.717) is 49.1 Å². The number of hydrogen-bond donors (Lipinski definition) is 0. The molecule has 2 aromatic carbocycles. The summed E-state index contributed by atoms with van der Waals surface area (Å²) < 4.78 is 22.2. The Balaban J connectivity index is 0.000000396. The smallest absolute Gasteiger partial charge is 0.222 e. The van der Waals surface area contributed by atoms with Gasteiger partial charge in [0.2, 0.25) is 5.91 Å². The van der Waals surface area contributed by atoms with Crippen LogP contribution in [0.3, 0.4) is 0 Å². The minimum atomic E-state index is 0.113. The molecule has 7 nitrogen and oxygen atoms in total. The van der Waals surface area contributed by atoms with Crippen molar-refractivity contribution < 1.29 is 23.7 Å². The minimum Gasteiger partial charge on any atom is -0.493 e. The SMILES string of the molecule is CCC(=O)N1CCOc2c(cc(-c3ccc(OC)c(OC)c3)cc2OC)C1.CN1CCCCC1. The summed E-state index contributed by atoms with van der Waals surface area (Å²) in [5.41, 5.74) is 2.85. The molecule has 7 heteroatoms. The molecule has 2 aliphatic rings. The molecule has 1 fully saturated rings. The Morgan fingerprint density at radius 1 is 0.882 bits per heavy atom. The highest BCUT2D eigenvalue weighted by Crippen LogP contribution is 2.40. The predicted octanol–water partition coefficient (Wildman–Crippen LogP) is 4.61. The van der Waals surface area contributed by atoms with Gasteiger partial charge < -0.3 is 28.7 Å². The third-order valence-corrected chi connectivity index (χ3v) is 6.27. The van der Waals surface area contributed by atoms with Gasteiger partial charge in [-0.3, -0.25) is 4.79 Å². The number of rotatable bonds is 5. The number of hydrogen-bond acceptors (Lipinski definition) is 6. The van der Waals surface area contributed by atoms with E-state index in [1.165, 1.54) is 32.4 Å². The van der Waals surface area contributed by atoms with Gasteiger partial charge in [0, 0.05) is 18.5 Å². The average molecular weight is 471 g/mol. The fraction of sp³-hybridized carbons (Fsp3) is 0.519. The second-order valence-corrected chi connectivity index (χ2v) is 8.62. The van der Waals surface area contributed by atoms with Gasteiger partial charge in [0.25, 0.3) is 0 Å². The molecule has 0 N–H and O–H groups in total. The van der Waals surface area contributed by atoms with Crippen LogP contribution in [0.1, 0.15) is 38.2 Å². The molecule has 2 heterocycles. The first-order valence-corrected chi connectivity index (χ1v) is 12.0. The number of amides is 1. The average Bonchev–Trinajstić information content (AvgIpc) is 3.10. The van der Waals surface area contributed by atoms with E-state index >= 15 is 0 Å². The zero-order valence-electron chi connectivity index (χ0n) is 21.2. The molecule has 1 saturated heterocycles. The van der Waals surface area contributed by atoms with Crippen molar-refractivity contribution in [3.8, 4) is 34.1 Å². The maximum atomic E-state index is 12.2. The number of piperidine rings is 1. The first kappa shape index (κ1) is 25.7. The third kappa shape index (κ3) is 6.35. The van der Waals surface area contributed by atoms with Gasteiger partial charge >= 0.3 is 0 Å². The lowest BCUT2D eigenvalue weighted by Crippen LogP contribution is -2.31. The summed E-state index contributed by atoms with van der Waals surface area (Å²) in [7, 11) is 7.04. The predicted molar refractivity (Wildman–Crippen MR) is 134 cm³/mol. The van der Waals surface area contributed by atoms with Crippen molar-refractivity contribution in [3.05, 3.63) is 35.9 Å². The van der Waals surface area contributed by atoms with Crippen molar-refractivity contribution in [2.24, 2.45) is 0 Å². The third-order valence-electron chi connectivity index (χ3n) is 6.27. The molecule has 0 spiro atoms. The molecule has 0 unspecified atom stereocenters. The van der Waals surface area contributed by atoms with Gasteiger partial charge in [0.05, 0.1) is 27.9 Å². The maximum Gasteiger partial charge on any atom is 0.222 e. The molecule has 186 valence electrons. The van der Waals surface area contributed by atoms with Gasteiger partial charge in [-0.2, -0.15) is 0 Å². The quantitative estimate of drug-likeness (QED) is 0.636. The normalized spacial score (nSPS) is 15.7. The summed E-state index contributed by atoms with van der Waals surface area (Å²) in [6, 6.07) is 9.75. The van der Waals surface area contributed by atoms with E-state index in [0.717, 1.165) is 16.7 Å². The molecule has 0 saturated carbocycles. The summed E-state index contributed by atoms with van der Waals surface area (Å²) in [5.74, 6) is 2.80. The molecular weight excluding hydrogens is 432 g/mol. The van der Waals surface area contributed by atoms with Crippen LogP contribution < -0.4 is 18.9 Å². The molecule has 34 heavy (non-hydrogen) atoms. The van der Waals surface area contributed by atoms with Crippen molar-refractivity contribution in [3.63, 3.8) is 0 Å². The number of ether oxygens (including phenoxy) is 4. The van der Waals surface area contributed by atoms with Crippen molar-refractivity contribution in [1.82, 2.24) is 9.80 Å². The fourth-order valence-corrected chi connectivity index (χ4v) is 4.31. The van der Waals surface area contributed by atoms with E-state index in [1.807, 2.05) is 42.2 Å². The van der Waals surface area contributed by atoms with Gasteiger partial charge in [-0.05, 0) is 68.4 Å².